The van der Waals surface area contributed by atoms with Gasteiger partial charge in [0, 0.05) is 5.56 Å². The number of nitrogens with zero attached hydrogens (tertiary/aromatic N) is 1. The summed E-state index contributed by atoms with van der Waals surface area (Å²) in [7, 11) is 0. The maximum atomic E-state index is 11.4. The van der Waals surface area contributed by atoms with Crippen molar-refractivity contribution in [2.45, 2.75) is 47.0 Å². The lowest BCUT2D eigenvalue weighted by Crippen LogP contribution is -2.24. The van der Waals surface area contributed by atoms with Crippen LogP contribution in [0.2, 0.25) is 0 Å². The maximum absolute atomic E-state index is 11.4. The molecule has 0 spiro atoms. The predicted octanol–water partition coefficient (Wildman–Crippen LogP) is 2.80. The number of pyridine rings is 1. The van der Waals surface area contributed by atoms with Crippen molar-refractivity contribution in [2.75, 3.05) is 0 Å². The highest BCUT2D eigenvalue weighted by Crippen LogP contribution is 2.11. The van der Waals surface area contributed by atoms with Crippen molar-refractivity contribution in [3.63, 3.8) is 0 Å². The van der Waals surface area contributed by atoms with Crippen LogP contribution in [0.3, 0.4) is 0 Å². The summed E-state index contributed by atoms with van der Waals surface area (Å²) in [6, 6.07) is 3.58. The van der Waals surface area contributed by atoms with Crippen LogP contribution < -0.4 is 5.56 Å². The van der Waals surface area contributed by atoms with E-state index in [4.69, 9.17) is 0 Å². The molecule has 0 atom stereocenters. The normalized spacial score (nSPS) is 9.73. The number of hydrogen-bond donors (Lipinski definition) is 1. The Labute approximate surface area is 91.3 Å². The fourth-order valence-electron chi connectivity index (χ4n) is 1.29. The number of aromatic nitrogens is 1. The quantitative estimate of drug-likeness (QED) is 0.764. The average Bonchev–Trinajstić information content (AvgIpc) is 2.24. The molecule has 0 amide bonds. The Morgan fingerprint density at radius 3 is 2.27 bits per heavy atom. The van der Waals surface area contributed by atoms with Gasteiger partial charge in [0.05, 0.1) is 5.69 Å². The zero-order valence-electron chi connectivity index (χ0n) is 10.2. The fourth-order valence-corrected chi connectivity index (χ4v) is 1.29. The van der Waals surface area contributed by atoms with Gasteiger partial charge >= 0.3 is 0 Å². The summed E-state index contributed by atoms with van der Waals surface area (Å²) in [5, 5.41) is 9.48. The first-order valence-electron chi connectivity index (χ1n) is 5.52. The maximum Gasteiger partial charge on any atom is 0.286 e. The third-order valence-electron chi connectivity index (χ3n) is 2.14. The van der Waals surface area contributed by atoms with Gasteiger partial charge in [-0.3, -0.25) is 4.79 Å². The smallest absolute Gasteiger partial charge is 0.286 e. The van der Waals surface area contributed by atoms with Gasteiger partial charge in [0.15, 0.2) is 0 Å². The van der Waals surface area contributed by atoms with Gasteiger partial charge in [-0.1, -0.05) is 40.7 Å². The van der Waals surface area contributed by atoms with Crippen LogP contribution in [0.25, 0.3) is 0 Å². The molecular formula is C12H21NO2. The molecule has 3 nitrogen and oxygen atoms in total. The first-order chi connectivity index (χ1) is 7.07. The summed E-state index contributed by atoms with van der Waals surface area (Å²) in [6.07, 6.45) is 0.651. The fraction of sp³-hybridized carbons (Fsp3) is 0.583. The van der Waals surface area contributed by atoms with Crippen molar-refractivity contribution in [1.82, 2.24) is 4.73 Å². The summed E-state index contributed by atoms with van der Waals surface area (Å²) in [5.74, 6) is 0.156. The largest absolute Gasteiger partial charge is 0.425 e. The van der Waals surface area contributed by atoms with Gasteiger partial charge in [0.1, 0.15) is 0 Å². The molecule has 3 heteroatoms. The van der Waals surface area contributed by atoms with Gasteiger partial charge in [0.25, 0.3) is 5.56 Å². The monoisotopic (exact) mass is 211 g/mol. The molecule has 0 saturated heterocycles. The Hall–Kier alpha value is -1.25. The third-order valence-corrected chi connectivity index (χ3v) is 2.14. The van der Waals surface area contributed by atoms with E-state index >= 15 is 0 Å². The van der Waals surface area contributed by atoms with Crippen LogP contribution in [0.15, 0.2) is 16.9 Å². The number of aryl methyl sites for hydroxylation is 1. The first kappa shape index (κ1) is 13.8. The molecule has 0 aliphatic carbocycles. The van der Waals surface area contributed by atoms with Crippen LogP contribution in [0.1, 0.15) is 51.8 Å². The molecule has 15 heavy (non-hydrogen) atoms. The van der Waals surface area contributed by atoms with Crippen molar-refractivity contribution < 1.29 is 5.21 Å². The lowest BCUT2D eigenvalue weighted by molar-refractivity contribution is 0.161. The third kappa shape index (κ3) is 3.11. The molecule has 0 unspecified atom stereocenters. The van der Waals surface area contributed by atoms with Crippen LogP contribution in [-0.4, -0.2) is 9.94 Å². The molecule has 1 rings (SSSR count). The van der Waals surface area contributed by atoms with Gasteiger partial charge in [-0.2, -0.15) is 4.73 Å². The Balaban J connectivity index is 0.000000921. The van der Waals surface area contributed by atoms with E-state index in [1.807, 2.05) is 34.6 Å². The Morgan fingerprint density at radius 1 is 1.33 bits per heavy atom. The van der Waals surface area contributed by atoms with E-state index in [2.05, 4.69) is 0 Å². The molecule has 0 aliphatic rings. The van der Waals surface area contributed by atoms with Crippen molar-refractivity contribution in [3.8, 4) is 0 Å². The standard InChI is InChI=1S/C10H15NO2.C2H6/c1-4-8-5-6-9(7(2)3)11(13)10(8)12;1-2/h5-7,13H,4H2,1-3H3;1-2H3. The van der Waals surface area contributed by atoms with Gasteiger partial charge in [0.2, 0.25) is 0 Å². The molecule has 0 radical (unpaired) electrons. The molecular weight excluding hydrogens is 190 g/mol. The van der Waals surface area contributed by atoms with E-state index in [0.717, 1.165) is 4.73 Å². The van der Waals surface area contributed by atoms with Gasteiger partial charge < -0.3 is 5.21 Å². The molecule has 1 aromatic heterocycles. The molecule has 1 heterocycles. The van der Waals surface area contributed by atoms with E-state index in [0.29, 0.717) is 17.7 Å². The SMILES string of the molecule is CC.CCc1ccc(C(C)C)n(O)c1=O. The minimum Gasteiger partial charge on any atom is -0.425 e. The minimum absolute atomic E-state index is 0.156. The molecule has 0 bridgehead atoms. The van der Waals surface area contributed by atoms with Crippen molar-refractivity contribution >= 4 is 0 Å². The van der Waals surface area contributed by atoms with Crippen molar-refractivity contribution in [2.24, 2.45) is 0 Å². The van der Waals surface area contributed by atoms with E-state index in [1.165, 1.54) is 0 Å². The van der Waals surface area contributed by atoms with Gasteiger partial charge in [-0.25, -0.2) is 0 Å². The number of rotatable bonds is 2. The summed E-state index contributed by atoms with van der Waals surface area (Å²) in [5.41, 5.74) is 1.00. The van der Waals surface area contributed by atoms with Crippen LogP contribution >= 0.6 is 0 Å². The van der Waals surface area contributed by atoms with Gasteiger partial charge in [-0.05, 0) is 18.4 Å². The van der Waals surface area contributed by atoms with E-state index < -0.39 is 0 Å². The highest BCUT2D eigenvalue weighted by Gasteiger charge is 2.08. The average molecular weight is 211 g/mol. The first-order valence-corrected chi connectivity index (χ1v) is 5.52. The summed E-state index contributed by atoms with van der Waals surface area (Å²) < 4.78 is 0.753. The highest BCUT2D eigenvalue weighted by atomic mass is 16.5. The van der Waals surface area contributed by atoms with Crippen molar-refractivity contribution in [3.05, 3.63) is 33.7 Å². The molecule has 86 valence electrons. The Morgan fingerprint density at radius 2 is 1.87 bits per heavy atom. The molecule has 0 saturated carbocycles. The summed E-state index contributed by atoms with van der Waals surface area (Å²) >= 11 is 0. The second kappa shape index (κ2) is 6.27. The summed E-state index contributed by atoms with van der Waals surface area (Å²) in [6.45, 7) is 9.77. The Bertz CT molecular complexity index is 353. The van der Waals surface area contributed by atoms with Crippen LogP contribution in [0.4, 0.5) is 0 Å². The zero-order chi connectivity index (χ0) is 12.0. The van der Waals surface area contributed by atoms with Gasteiger partial charge in [-0.15, -0.1) is 0 Å². The zero-order valence-corrected chi connectivity index (χ0v) is 10.2. The second-order valence-corrected chi connectivity index (χ2v) is 3.41. The highest BCUT2D eigenvalue weighted by molar-refractivity contribution is 5.17. The number of hydrogen-bond acceptors (Lipinski definition) is 2. The van der Waals surface area contributed by atoms with E-state index in [1.54, 1.807) is 12.1 Å². The lowest BCUT2D eigenvalue weighted by atomic mass is 10.1. The molecule has 0 fully saturated rings. The van der Waals surface area contributed by atoms with E-state index in [-0.39, 0.29) is 11.5 Å². The van der Waals surface area contributed by atoms with E-state index in [9.17, 15) is 10.0 Å². The second-order valence-electron chi connectivity index (χ2n) is 3.41. The predicted molar refractivity (Wildman–Crippen MR) is 62.7 cm³/mol. The molecule has 0 aliphatic heterocycles. The van der Waals surface area contributed by atoms with Crippen molar-refractivity contribution in [1.29, 1.82) is 0 Å². The van der Waals surface area contributed by atoms with Crippen LogP contribution in [-0.2, 0) is 6.42 Å². The molecule has 1 aromatic rings. The van der Waals surface area contributed by atoms with Crippen LogP contribution in [0.5, 0.6) is 0 Å². The summed E-state index contributed by atoms with van der Waals surface area (Å²) in [4.78, 5) is 11.4. The van der Waals surface area contributed by atoms with Crippen LogP contribution in [0, 0.1) is 0 Å². The topological polar surface area (TPSA) is 42.2 Å². The minimum atomic E-state index is -0.297. The molecule has 1 N–H and O–H groups in total. The molecule has 0 aromatic carbocycles. The Kier molecular flexibility index (Phi) is 5.75. The lowest BCUT2D eigenvalue weighted by Gasteiger charge is -2.10.